The third-order valence-corrected chi connectivity index (χ3v) is 7.54. The van der Waals surface area contributed by atoms with Crippen LogP contribution in [0.2, 0.25) is 0 Å². The zero-order valence-electron chi connectivity index (χ0n) is 21.4. The monoisotopic (exact) mass is 559 g/mol. The van der Waals surface area contributed by atoms with Crippen molar-refractivity contribution < 1.29 is 26.9 Å². The van der Waals surface area contributed by atoms with Crippen LogP contribution < -0.4 is 14.4 Å². The number of anilines is 1. The second kappa shape index (κ2) is 10.5. The molecule has 1 aromatic carbocycles. The summed E-state index contributed by atoms with van der Waals surface area (Å²) in [6, 6.07) is 3.67. The number of halogens is 1. The highest BCUT2D eigenvalue weighted by Crippen LogP contribution is 2.27. The van der Waals surface area contributed by atoms with E-state index in [4.69, 9.17) is 9.26 Å². The maximum absolute atomic E-state index is 15.0. The van der Waals surface area contributed by atoms with Gasteiger partial charge in [-0.25, -0.2) is 22.5 Å². The van der Waals surface area contributed by atoms with E-state index in [0.29, 0.717) is 37.8 Å². The summed E-state index contributed by atoms with van der Waals surface area (Å²) >= 11 is 0. The van der Waals surface area contributed by atoms with E-state index in [-0.39, 0.29) is 41.2 Å². The molecular formula is C23H26FN9O5S. The summed E-state index contributed by atoms with van der Waals surface area (Å²) in [5.74, 6) is -0.572. The number of nitrogens with zero attached hydrogens (tertiary/aromatic N) is 8. The van der Waals surface area contributed by atoms with Gasteiger partial charge in [-0.1, -0.05) is 31.1 Å². The third kappa shape index (κ3) is 5.36. The normalized spacial score (nSPS) is 14.7. The summed E-state index contributed by atoms with van der Waals surface area (Å²) < 4.78 is 54.2. The van der Waals surface area contributed by atoms with E-state index in [0.717, 1.165) is 16.8 Å². The fraction of sp³-hybridized carbons (Fsp3) is 0.435. The summed E-state index contributed by atoms with van der Waals surface area (Å²) in [7, 11) is -4.22. The van der Waals surface area contributed by atoms with Gasteiger partial charge in [0.15, 0.2) is 17.0 Å². The molecule has 0 bridgehead atoms. The van der Waals surface area contributed by atoms with Gasteiger partial charge in [-0.3, -0.25) is 4.79 Å². The Morgan fingerprint density at radius 2 is 2.03 bits per heavy atom. The van der Waals surface area contributed by atoms with E-state index in [1.54, 1.807) is 0 Å². The molecule has 0 unspecified atom stereocenters. The Kier molecular flexibility index (Phi) is 7.12. The highest BCUT2D eigenvalue weighted by Gasteiger charge is 2.27. The van der Waals surface area contributed by atoms with Gasteiger partial charge < -0.3 is 14.2 Å². The zero-order chi connectivity index (χ0) is 27.7. The van der Waals surface area contributed by atoms with Crippen LogP contribution in [0.5, 0.6) is 5.88 Å². The number of rotatable bonds is 8. The summed E-state index contributed by atoms with van der Waals surface area (Å²) in [5.41, 5.74) is 0.319. The summed E-state index contributed by atoms with van der Waals surface area (Å²) in [5, 5.41) is 12.1. The summed E-state index contributed by atoms with van der Waals surface area (Å²) in [6.07, 6.45) is 2.38. The average molecular weight is 560 g/mol. The molecule has 0 spiro atoms. The van der Waals surface area contributed by atoms with E-state index in [1.165, 1.54) is 19.3 Å². The van der Waals surface area contributed by atoms with Crippen molar-refractivity contribution in [2.24, 2.45) is 0 Å². The van der Waals surface area contributed by atoms with Crippen LogP contribution in [-0.4, -0.2) is 68.6 Å². The number of ether oxygens (including phenoxy) is 1. The molecule has 3 aromatic heterocycles. The number of amides is 1. The van der Waals surface area contributed by atoms with Crippen molar-refractivity contribution in [2.75, 3.05) is 18.0 Å². The minimum absolute atomic E-state index is 0.0359. The van der Waals surface area contributed by atoms with Crippen molar-refractivity contribution in [1.29, 1.82) is 0 Å². The van der Waals surface area contributed by atoms with Crippen LogP contribution >= 0.6 is 0 Å². The molecule has 1 saturated heterocycles. The molecule has 0 radical (unpaired) electrons. The van der Waals surface area contributed by atoms with E-state index in [1.807, 2.05) is 23.5 Å². The van der Waals surface area contributed by atoms with Gasteiger partial charge >= 0.3 is 6.01 Å². The van der Waals surface area contributed by atoms with Crippen molar-refractivity contribution in [3.8, 4) is 11.6 Å². The molecule has 1 N–H and O–H groups in total. The van der Waals surface area contributed by atoms with Gasteiger partial charge in [0, 0.05) is 38.3 Å². The van der Waals surface area contributed by atoms with Crippen LogP contribution in [-0.2, 0) is 14.8 Å². The number of piperidine rings is 1. The van der Waals surface area contributed by atoms with Crippen molar-refractivity contribution in [3.05, 3.63) is 36.2 Å². The molecule has 16 heteroatoms. The van der Waals surface area contributed by atoms with Gasteiger partial charge in [0.05, 0.1) is 4.90 Å². The first-order valence-corrected chi connectivity index (χ1v) is 13.8. The molecule has 1 fully saturated rings. The number of benzene rings is 1. The zero-order valence-corrected chi connectivity index (χ0v) is 22.2. The second-order valence-electron chi connectivity index (χ2n) is 9.24. The Labute approximate surface area is 222 Å². The Morgan fingerprint density at radius 3 is 2.69 bits per heavy atom. The van der Waals surface area contributed by atoms with Crippen molar-refractivity contribution in [1.82, 2.24) is 39.8 Å². The number of hydrogen-bond acceptors (Lipinski definition) is 12. The van der Waals surface area contributed by atoms with Crippen LogP contribution in [0.3, 0.4) is 0 Å². The Morgan fingerprint density at radius 1 is 1.26 bits per heavy atom. The number of sulfonamides is 1. The maximum atomic E-state index is 15.0. The summed E-state index contributed by atoms with van der Waals surface area (Å²) in [4.78, 5) is 25.9. The first kappa shape index (κ1) is 26.4. The van der Waals surface area contributed by atoms with Crippen molar-refractivity contribution in [2.45, 2.75) is 57.0 Å². The smallest absolute Gasteiger partial charge is 0.324 e. The van der Waals surface area contributed by atoms with Crippen LogP contribution in [0.4, 0.5) is 10.4 Å². The largest absolute Gasteiger partial charge is 0.472 e. The molecule has 0 atom stereocenters. The molecule has 1 amide bonds. The van der Waals surface area contributed by atoms with Crippen LogP contribution in [0.25, 0.3) is 16.9 Å². The first-order chi connectivity index (χ1) is 18.7. The molecule has 206 valence electrons. The lowest BCUT2D eigenvalue weighted by atomic mass is 10.1. The molecule has 1 aliphatic rings. The highest BCUT2D eigenvalue weighted by atomic mass is 32.2. The third-order valence-electron chi connectivity index (χ3n) is 6.17. The number of nitrogens with one attached hydrogen (secondary N) is 1. The number of hydrogen-bond donors (Lipinski definition) is 1. The molecule has 0 saturated carbocycles. The van der Waals surface area contributed by atoms with Gasteiger partial charge in [-0.05, 0) is 18.2 Å². The molecule has 14 nitrogen and oxygen atoms in total. The number of carbonyl (C=O) groups is 1. The van der Waals surface area contributed by atoms with Gasteiger partial charge in [-0.2, -0.15) is 14.6 Å². The standard InChI is InChI=1S/C23H26FN9O5S/c1-4-18(34)30-39(35,36)15-5-6-17(16(24)11-15)33-21-19(28-31-33)22(26-12-25-21)37-14-7-9-32(10-8-14)23-27-20(13(2)3)29-38-23/h5-6,11-14H,4,7-10H2,1-3H3,(H,30,34). The van der Waals surface area contributed by atoms with E-state index >= 15 is 4.39 Å². The van der Waals surface area contributed by atoms with Crippen molar-refractivity contribution in [3.63, 3.8) is 0 Å². The van der Waals surface area contributed by atoms with E-state index in [9.17, 15) is 13.2 Å². The lowest BCUT2D eigenvalue weighted by Crippen LogP contribution is -2.38. The first-order valence-electron chi connectivity index (χ1n) is 12.3. The molecular weight excluding hydrogens is 533 g/mol. The molecule has 4 heterocycles. The number of aromatic nitrogens is 7. The molecule has 1 aliphatic heterocycles. The topological polar surface area (TPSA) is 171 Å². The van der Waals surface area contributed by atoms with Crippen LogP contribution in [0, 0.1) is 5.82 Å². The van der Waals surface area contributed by atoms with Gasteiger partial charge in [0.25, 0.3) is 10.0 Å². The van der Waals surface area contributed by atoms with E-state index in [2.05, 4.69) is 30.4 Å². The Hall–Kier alpha value is -4.21. The quantitative estimate of drug-likeness (QED) is 0.334. The van der Waals surface area contributed by atoms with Crippen molar-refractivity contribution >= 4 is 33.1 Å². The van der Waals surface area contributed by atoms with Crippen LogP contribution in [0.1, 0.15) is 51.8 Å². The second-order valence-corrected chi connectivity index (χ2v) is 10.9. The Balaban J connectivity index is 1.32. The fourth-order valence-corrected chi connectivity index (χ4v) is 5.06. The SMILES string of the molecule is CCC(=O)NS(=O)(=O)c1ccc(-n2nnc3c(OC4CCN(c5nc(C(C)C)no5)CC4)ncnc32)c(F)c1. The molecule has 0 aliphatic carbocycles. The predicted octanol–water partition coefficient (Wildman–Crippen LogP) is 2.12. The van der Waals surface area contributed by atoms with Gasteiger partial charge in [-0.15, -0.1) is 5.10 Å². The summed E-state index contributed by atoms with van der Waals surface area (Å²) in [6.45, 7) is 6.79. The number of carbonyl (C=O) groups excluding carboxylic acids is 1. The van der Waals surface area contributed by atoms with Crippen LogP contribution in [0.15, 0.2) is 33.9 Å². The highest BCUT2D eigenvalue weighted by molar-refractivity contribution is 7.90. The van der Waals surface area contributed by atoms with Gasteiger partial charge in [0.2, 0.25) is 11.8 Å². The average Bonchev–Trinajstić information content (AvgIpc) is 3.58. The van der Waals surface area contributed by atoms with E-state index < -0.39 is 26.6 Å². The molecule has 39 heavy (non-hydrogen) atoms. The maximum Gasteiger partial charge on any atom is 0.324 e. The number of fused-ring (bicyclic) bond motifs is 1. The predicted molar refractivity (Wildman–Crippen MR) is 134 cm³/mol. The molecule has 5 rings (SSSR count). The fourth-order valence-electron chi connectivity index (χ4n) is 4.00. The van der Waals surface area contributed by atoms with Gasteiger partial charge in [0.1, 0.15) is 23.9 Å². The minimum atomic E-state index is -4.22. The lowest BCUT2D eigenvalue weighted by molar-refractivity contribution is -0.119. The lowest BCUT2D eigenvalue weighted by Gasteiger charge is -2.30. The molecule has 4 aromatic rings. The Bertz CT molecular complexity index is 1610. The minimum Gasteiger partial charge on any atom is -0.472 e.